The van der Waals surface area contributed by atoms with Gasteiger partial charge >= 0.3 is 0 Å². The van der Waals surface area contributed by atoms with E-state index in [1.807, 2.05) is 48.5 Å². The molecule has 7 aromatic rings. The van der Waals surface area contributed by atoms with E-state index >= 15 is 0 Å². The summed E-state index contributed by atoms with van der Waals surface area (Å²) in [5.41, 5.74) is 7.26. The maximum atomic E-state index is 6.51. The molecule has 4 aromatic heterocycles. The summed E-state index contributed by atoms with van der Waals surface area (Å²) in [6.07, 6.45) is 0. The van der Waals surface area contributed by atoms with E-state index in [0.29, 0.717) is 5.02 Å². The van der Waals surface area contributed by atoms with Crippen LogP contribution in [0.25, 0.3) is 50.2 Å². The first-order valence-corrected chi connectivity index (χ1v) is 8.78. The van der Waals surface area contributed by atoms with Crippen molar-refractivity contribution in [3.63, 3.8) is 0 Å². The van der Waals surface area contributed by atoms with Gasteiger partial charge in [-0.1, -0.05) is 35.9 Å². The van der Waals surface area contributed by atoms with E-state index in [2.05, 4.69) is 25.3 Å². The molecular weight excluding hydrogens is 346 g/mol. The van der Waals surface area contributed by atoms with Crippen molar-refractivity contribution >= 4 is 61.8 Å². The summed E-state index contributed by atoms with van der Waals surface area (Å²) in [4.78, 5) is 9.77. The summed E-state index contributed by atoms with van der Waals surface area (Å²) < 4.78 is 6.48. The molecule has 0 spiro atoms. The number of benzene rings is 3. The lowest BCUT2D eigenvalue weighted by Gasteiger charge is -1.98. The van der Waals surface area contributed by atoms with Crippen LogP contribution in [0.4, 0.5) is 0 Å². The fourth-order valence-electron chi connectivity index (χ4n) is 4.23. The molecule has 0 unspecified atom stereocenters. The Morgan fingerprint density at radius 1 is 0.615 bits per heavy atom. The molecule has 0 aliphatic carbocycles. The van der Waals surface area contributed by atoms with Gasteiger partial charge in [-0.2, -0.15) is 0 Å². The van der Waals surface area contributed by atoms with Crippen molar-refractivity contribution in [3.05, 3.63) is 65.7 Å². The van der Waals surface area contributed by atoms with Gasteiger partial charge in [-0.3, -0.25) is 8.80 Å². The van der Waals surface area contributed by atoms with Crippen LogP contribution in [0.3, 0.4) is 0 Å². The standard InChI is InChI=1S/C20H10ClN5/c21-11-9-16-18-17(10-11)25-15-8-4-2-6-13(15)23-20(25)26(18)19-22-12-5-1-3-7-14(12)24(16)19/h1-10H. The first-order valence-electron chi connectivity index (χ1n) is 8.41. The van der Waals surface area contributed by atoms with Crippen molar-refractivity contribution in [1.29, 1.82) is 0 Å². The van der Waals surface area contributed by atoms with Gasteiger partial charge in [0, 0.05) is 5.02 Å². The van der Waals surface area contributed by atoms with Crippen molar-refractivity contribution in [2.45, 2.75) is 0 Å². The second kappa shape index (κ2) is 4.08. The lowest BCUT2D eigenvalue weighted by molar-refractivity contribution is 1.15. The average Bonchev–Trinajstić information content (AvgIpc) is 3.35. The summed E-state index contributed by atoms with van der Waals surface area (Å²) in [6.45, 7) is 0. The Bertz CT molecular complexity index is 1530. The van der Waals surface area contributed by atoms with Gasteiger partial charge in [-0.25, -0.2) is 14.4 Å². The number of imidazole rings is 4. The van der Waals surface area contributed by atoms with Crippen LogP contribution in [0.1, 0.15) is 0 Å². The lowest BCUT2D eigenvalue weighted by atomic mass is 10.2. The van der Waals surface area contributed by atoms with Crippen molar-refractivity contribution in [3.8, 4) is 0 Å². The number of halogens is 1. The summed E-state index contributed by atoms with van der Waals surface area (Å²) in [6, 6.07) is 20.3. The van der Waals surface area contributed by atoms with Gasteiger partial charge in [0.2, 0.25) is 11.6 Å². The molecule has 3 aromatic carbocycles. The number of rotatable bonds is 0. The number of para-hydroxylation sites is 4. The average molecular weight is 356 g/mol. The van der Waals surface area contributed by atoms with Gasteiger partial charge in [-0.15, -0.1) is 0 Å². The SMILES string of the molecule is Clc1cc2c3c(c1)n1c4ccccc4nc1n3c1nc3ccccc3n21. The molecule has 0 saturated carbocycles. The van der Waals surface area contributed by atoms with Crippen molar-refractivity contribution < 1.29 is 0 Å². The zero-order chi connectivity index (χ0) is 17.0. The molecule has 0 amide bonds. The number of nitrogens with zero attached hydrogens (tertiary/aromatic N) is 5. The lowest BCUT2D eigenvalue weighted by Crippen LogP contribution is -1.87. The van der Waals surface area contributed by atoms with Crippen LogP contribution >= 0.6 is 11.6 Å². The Morgan fingerprint density at radius 2 is 1.12 bits per heavy atom. The summed E-state index contributed by atoms with van der Waals surface area (Å²) in [7, 11) is 0. The van der Waals surface area contributed by atoms with E-state index in [9.17, 15) is 0 Å². The molecule has 0 fully saturated rings. The van der Waals surface area contributed by atoms with Crippen molar-refractivity contribution in [2.24, 2.45) is 0 Å². The second-order valence-electron chi connectivity index (χ2n) is 6.60. The Hall–Kier alpha value is -3.31. The van der Waals surface area contributed by atoms with Crippen LogP contribution in [0, 0.1) is 0 Å². The number of fused-ring (bicyclic) bond motifs is 10. The molecule has 0 saturated heterocycles. The third-order valence-electron chi connectivity index (χ3n) is 5.23. The third kappa shape index (κ3) is 1.30. The van der Waals surface area contributed by atoms with Crippen molar-refractivity contribution in [2.75, 3.05) is 0 Å². The van der Waals surface area contributed by atoms with Gasteiger partial charge in [0.1, 0.15) is 5.52 Å². The van der Waals surface area contributed by atoms with Gasteiger partial charge < -0.3 is 0 Å². The molecule has 4 heterocycles. The van der Waals surface area contributed by atoms with Crippen LogP contribution in [-0.4, -0.2) is 23.2 Å². The molecule has 6 heteroatoms. The van der Waals surface area contributed by atoms with Gasteiger partial charge in [0.15, 0.2) is 0 Å². The van der Waals surface area contributed by atoms with E-state index in [4.69, 9.17) is 21.6 Å². The first kappa shape index (κ1) is 13.0. The van der Waals surface area contributed by atoms with Crippen molar-refractivity contribution in [1.82, 2.24) is 23.2 Å². The smallest absolute Gasteiger partial charge is 0.223 e. The molecule has 0 bridgehead atoms. The van der Waals surface area contributed by atoms with Crippen LogP contribution in [0.5, 0.6) is 0 Å². The monoisotopic (exact) mass is 355 g/mol. The number of hydrogen-bond acceptors (Lipinski definition) is 2. The molecule has 0 aliphatic heterocycles. The highest BCUT2D eigenvalue weighted by Crippen LogP contribution is 2.35. The third-order valence-corrected chi connectivity index (χ3v) is 5.44. The maximum Gasteiger partial charge on any atom is 0.223 e. The second-order valence-corrected chi connectivity index (χ2v) is 7.04. The first-order chi connectivity index (χ1) is 12.8. The quantitative estimate of drug-likeness (QED) is 0.392. The Labute approximate surface area is 151 Å². The topological polar surface area (TPSA) is 39.0 Å². The minimum Gasteiger partial charge on any atom is -0.276 e. The molecule has 0 radical (unpaired) electrons. The highest BCUT2D eigenvalue weighted by Gasteiger charge is 2.23. The summed E-state index contributed by atoms with van der Waals surface area (Å²) in [5, 5.41) is 0.704. The van der Waals surface area contributed by atoms with E-state index in [0.717, 1.165) is 50.2 Å². The Balaban J connectivity index is 1.92. The van der Waals surface area contributed by atoms with Gasteiger partial charge in [-0.05, 0) is 36.4 Å². The van der Waals surface area contributed by atoms with E-state index in [1.54, 1.807) is 0 Å². The molecule has 122 valence electrons. The summed E-state index contributed by atoms with van der Waals surface area (Å²) in [5.74, 6) is 1.72. The fraction of sp³-hybridized carbons (Fsp3) is 0. The fourth-order valence-corrected chi connectivity index (χ4v) is 4.44. The van der Waals surface area contributed by atoms with E-state index < -0.39 is 0 Å². The van der Waals surface area contributed by atoms with E-state index in [-0.39, 0.29) is 0 Å². The number of hydrogen-bond donors (Lipinski definition) is 0. The van der Waals surface area contributed by atoms with Gasteiger partial charge in [0.25, 0.3) is 0 Å². The minimum absolute atomic E-state index is 0.704. The van der Waals surface area contributed by atoms with Crippen LogP contribution < -0.4 is 0 Å². The summed E-state index contributed by atoms with van der Waals surface area (Å²) >= 11 is 6.51. The molecule has 0 atom stereocenters. The Morgan fingerprint density at radius 3 is 1.65 bits per heavy atom. The molecule has 7 rings (SSSR count). The molecular formula is C20H10ClN5. The molecule has 0 N–H and O–H groups in total. The zero-order valence-electron chi connectivity index (χ0n) is 13.4. The maximum absolute atomic E-state index is 6.51. The Kier molecular flexibility index (Phi) is 2.04. The van der Waals surface area contributed by atoms with Crippen LogP contribution in [0.15, 0.2) is 60.7 Å². The normalized spacial score (nSPS) is 12.8. The van der Waals surface area contributed by atoms with Gasteiger partial charge in [0.05, 0.1) is 33.1 Å². The molecule has 5 nitrogen and oxygen atoms in total. The minimum atomic E-state index is 0.704. The predicted molar refractivity (Wildman–Crippen MR) is 104 cm³/mol. The van der Waals surface area contributed by atoms with Crippen LogP contribution in [-0.2, 0) is 0 Å². The highest BCUT2D eigenvalue weighted by molar-refractivity contribution is 6.32. The predicted octanol–water partition coefficient (Wildman–Crippen LogP) is 4.79. The number of aromatic nitrogens is 5. The largest absolute Gasteiger partial charge is 0.276 e. The van der Waals surface area contributed by atoms with Crippen LogP contribution in [0.2, 0.25) is 5.02 Å². The molecule has 26 heavy (non-hydrogen) atoms. The zero-order valence-corrected chi connectivity index (χ0v) is 14.1. The van der Waals surface area contributed by atoms with E-state index in [1.165, 1.54) is 0 Å². The molecule has 0 aliphatic rings. The highest BCUT2D eigenvalue weighted by atomic mass is 35.5.